The zero-order chi connectivity index (χ0) is 20.2. The Morgan fingerprint density at radius 1 is 0.778 bits per heavy atom. The van der Waals surface area contributed by atoms with Crippen LogP contribution in [-0.2, 0) is 9.59 Å². The second-order valence-corrected chi connectivity index (χ2v) is 7.32. The number of esters is 2. The molecule has 1 rings (SSSR count). The van der Waals surface area contributed by atoms with E-state index in [9.17, 15) is 9.59 Å². The molecule has 0 bridgehead atoms. The highest BCUT2D eigenvalue weighted by molar-refractivity contribution is 5.76. The third kappa shape index (κ3) is 8.15. The normalized spacial score (nSPS) is 13.1. The molecule has 1 aromatic rings. The molecule has 0 aliphatic rings. The highest BCUT2D eigenvalue weighted by Gasteiger charge is 2.21. The van der Waals surface area contributed by atoms with Crippen LogP contribution in [0, 0.1) is 18.8 Å². The first-order chi connectivity index (χ1) is 12.9. The highest BCUT2D eigenvalue weighted by atomic mass is 16.5. The third-order valence-corrected chi connectivity index (χ3v) is 4.93. The molecule has 0 saturated carbocycles. The number of carbonyl (C=O) groups excluding carboxylic acids is 2. The Bertz CT molecular complexity index is 546. The zero-order valence-electron chi connectivity index (χ0n) is 17.7. The third-order valence-electron chi connectivity index (χ3n) is 4.93. The van der Waals surface area contributed by atoms with Crippen molar-refractivity contribution < 1.29 is 19.1 Å². The average molecular weight is 377 g/mol. The van der Waals surface area contributed by atoms with E-state index in [1.807, 2.05) is 20.8 Å². The summed E-state index contributed by atoms with van der Waals surface area (Å²) in [4.78, 5) is 24.9. The van der Waals surface area contributed by atoms with E-state index >= 15 is 0 Å². The van der Waals surface area contributed by atoms with E-state index in [1.54, 1.807) is 18.2 Å². The zero-order valence-corrected chi connectivity index (χ0v) is 17.7. The monoisotopic (exact) mass is 376 g/mol. The van der Waals surface area contributed by atoms with Crippen molar-refractivity contribution in [3.8, 4) is 11.5 Å². The largest absolute Gasteiger partial charge is 0.426 e. The summed E-state index contributed by atoms with van der Waals surface area (Å²) < 4.78 is 11.2. The van der Waals surface area contributed by atoms with Crippen molar-refractivity contribution in [1.29, 1.82) is 0 Å². The molecule has 0 radical (unpaired) electrons. The van der Waals surface area contributed by atoms with E-state index in [1.165, 1.54) is 0 Å². The fraction of sp³-hybridized carbons (Fsp3) is 0.652. The Labute approximate surface area is 164 Å². The van der Waals surface area contributed by atoms with E-state index < -0.39 is 0 Å². The first-order valence-corrected chi connectivity index (χ1v) is 10.5. The number of aryl methyl sites for hydroxylation is 1. The molecular formula is C23H36O4. The van der Waals surface area contributed by atoms with Crippen LogP contribution in [0.3, 0.4) is 0 Å². The van der Waals surface area contributed by atoms with Gasteiger partial charge in [0.25, 0.3) is 0 Å². The number of ether oxygens (including phenoxy) is 2. The molecule has 0 fully saturated rings. The lowest BCUT2D eigenvalue weighted by Gasteiger charge is -2.16. The van der Waals surface area contributed by atoms with Crippen LogP contribution >= 0.6 is 0 Å². The SMILES string of the molecule is CCCCC(CC)C(=O)Oc1cc(C)cc(OC(=O)C(CC)CCCC)c1. The van der Waals surface area contributed by atoms with Gasteiger partial charge in [0.05, 0.1) is 11.8 Å². The van der Waals surface area contributed by atoms with Gasteiger partial charge in [0.2, 0.25) is 0 Å². The summed E-state index contributed by atoms with van der Waals surface area (Å²) >= 11 is 0. The molecule has 0 aliphatic carbocycles. The van der Waals surface area contributed by atoms with Crippen molar-refractivity contribution in [2.45, 2.75) is 86.0 Å². The average Bonchev–Trinajstić information content (AvgIpc) is 2.62. The van der Waals surface area contributed by atoms with Crippen LogP contribution < -0.4 is 9.47 Å². The quantitative estimate of drug-likeness (QED) is 0.320. The van der Waals surface area contributed by atoms with Gasteiger partial charge in [0.1, 0.15) is 11.5 Å². The second-order valence-electron chi connectivity index (χ2n) is 7.32. The fourth-order valence-corrected chi connectivity index (χ4v) is 3.11. The number of unbranched alkanes of at least 4 members (excludes halogenated alkanes) is 2. The van der Waals surface area contributed by atoms with Gasteiger partial charge in [-0.3, -0.25) is 9.59 Å². The maximum atomic E-state index is 12.4. The summed E-state index contributed by atoms with van der Waals surface area (Å²) in [6.45, 7) is 10.1. The Balaban J connectivity index is 2.81. The van der Waals surface area contributed by atoms with Crippen LogP contribution in [0.4, 0.5) is 0 Å². The molecule has 2 atom stereocenters. The Morgan fingerprint density at radius 3 is 1.52 bits per heavy atom. The summed E-state index contributed by atoms with van der Waals surface area (Å²) in [5, 5.41) is 0. The fourth-order valence-electron chi connectivity index (χ4n) is 3.11. The van der Waals surface area contributed by atoms with Gasteiger partial charge in [-0.15, -0.1) is 0 Å². The summed E-state index contributed by atoms with van der Waals surface area (Å²) in [5.41, 5.74) is 0.895. The van der Waals surface area contributed by atoms with Crippen LogP contribution in [-0.4, -0.2) is 11.9 Å². The maximum absolute atomic E-state index is 12.4. The number of hydrogen-bond acceptors (Lipinski definition) is 4. The van der Waals surface area contributed by atoms with Gasteiger partial charge in [0, 0.05) is 6.07 Å². The predicted octanol–water partition coefficient (Wildman–Crippen LogP) is 6.24. The molecule has 0 heterocycles. The minimum atomic E-state index is -0.205. The molecule has 1 aromatic carbocycles. The first kappa shape index (κ1) is 23.2. The van der Waals surface area contributed by atoms with Crippen molar-refractivity contribution in [1.82, 2.24) is 0 Å². The van der Waals surface area contributed by atoms with Crippen LogP contribution in [0.1, 0.15) is 84.6 Å². The van der Waals surface area contributed by atoms with Crippen molar-refractivity contribution in [2.24, 2.45) is 11.8 Å². The summed E-state index contributed by atoms with van der Waals surface area (Å²) in [6.07, 6.45) is 7.37. The molecule has 4 nitrogen and oxygen atoms in total. The smallest absolute Gasteiger partial charge is 0.314 e. The second kappa shape index (κ2) is 12.5. The molecule has 0 aliphatic heterocycles. The molecular weight excluding hydrogens is 340 g/mol. The van der Waals surface area contributed by atoms with Gasteiger partial charge >= 0.3 is 11.9 Å². The van der Waals surface area contributed by atoms with E-state index in [-0.39, 0.29) is 23.8 Å². The van der Waals surface area contributed by atoms with Gasteiger partial charge in [0.15, 0.2) is 0 Å². The van der Waals surface area contributed by atoms with Gasteiger partial charge in [-0.2, -0.15) is 0 Å². The van der Waals surface area contributed by atoms with Crippen LogP contribution in [0.5, 0.6) is 11.5 Å². The number of hydrogen-bond donors (Lipinski definition) is 0. The Hall–Kier alpha value is -1.84. The van der Waals surface area contributed by atoms with Gasteiger partial charge in [-0.1, -0.05) is 53.4 Å². The Kier molecular flexibility index (Phi) is 10.8. The van der Waals surface area contributed by atoms with Crippen molar-refractivity contribution in [3.63, 3.8) is 0 Å². The highest BCUT2D eigenvalue weighted by Crippen LogP contribution is 2.26. The topological polar surface area (TPSA) is 52.6 Å². The van der Waals surface area contributed by atoms with Crippen molar-refractivity contribution in [3.05, 3.63) is 23.8 Å². The minimum Gasteiger partial charge on any atom is -0.426 e. The molecule has 0 aromatic heterocycles. The van der Waals surface area contributed by atoms with E-state index in [0.717, 1.165) is 56.9 Å². The summed E-state index contributed by atoms with van der Waals surface area (Å²) in [5.74, 6) is 0.301. The summed E-state index contributed by atoms with van der Waals surface area (Å²) in [6, 6.07) is 5.24. The molecule has 0 saturated heterocycles. The molecule has 0 spiro atoms. The number of rotatable bonds is 12. The number of carbonyl (C=O) groups is 2. The minimum absolute atomic E-state index is 0.0880. The van der Waals surface area contributed by atoms with Crippen molar-refractivity contribution >= 4 is 11.9 Å². The molecule has 27 heavy (non-hydrogen) atoms. The van der Waals surface area contributed by atoms with Gasteiger partial charge < -0.3 is 9.47 Å². The molecule has 2 unspecified atom stereocenters. The number of benzene rings is 1. The molecule has 4 heteroatoms. The lowest BCUT2D eigenvalue weighted by atomic mass is 9.99. The van der Waals surface area contributed by atoms with E-state index in [0.29, 0.717) is 11.5 Å². The van der Waals surface area contributed by atoms with Gasteiger partial charge in [-0.25, -0.2) is 0 Å². The van der Waals surface area contributed by atoms with Crippen LogP contribution in [0.25, 0.3) is 0 Å². The standard InChI is InChI=1S/C23H36O4/c1-6-10-12-18(8-3)22(24)26-20-14-17(5)15-21(16-20)27-23(25)19(9-4)13-11-7-2/h14-16,18-19H,6-13H2,1-5H3. The molecule has 0 amide bonds. The van der Waals surface area contributed by atoms with Crippen LogP contribution in [0.2, 0.25) is 0 Å². The van der Waals surface area contributed by atoms with E-state index in [2.05, 4.69) is 13.8 Å². The molecule has 0 N–H and O–H groups in total. The lowest BCUT2D eigenvalue weighted by molar-refractivity contribution is -0.139. The van der Waals surface area contributed by atoms with E-state index in [4.69, 9.17) is 9.47 Å². The van der Waals surface area contributed by atoms with Crippen LogP contribution in [0.15, 0.2) is 18.2 Å². The predicted molar refractivity (Wildman–Crippen MR) is 109 cm³/mol. The molecule has 152 valence electrons. The maximum Gasteiger partial charge on any atom is 0.314 e. The lowest BCUT2D eigenvalue weighted by Crippen LogP contribution is -2.21. The Morgan fingerprint density at radius 2 is 1.19 bits per heavy atom. The first-order valence-electron chi connectivity index (χ1n) is 10.5. The van der Waals surface area contributed by atoms with Crippen molar-refractivity contribution in [2.75, 3.05) is 0 Å². The van der Waals surface area contributed by atoms with Gasteiger partial charge in [-0.05, 0) is 50.3 Å². The summed E-state index contributed by atoms with van der Waals surface area (Å²) in [7, 11) is 0.